The van der Waals surface area contributed by atoms with Gasteiger partial charge in [-0.05, 0) is 43.7 Å². The quantitative estimate of drug-likeness (QED) is 0.666. The number of aryl methyl sites for hydroxylation is 1. The maximum atomic E-state index is 12.9. The van der Waals surface area contributed by atoms with Crippen LogP contribution in [0, 0.1) is 19.7 Å². The van der Waals surface area contributed by atoms with Crippen LogP contribution < -0.4 is 5.32 Å². The van der Waals surface area contributed by atoms with E-state index in [1.165, 1.54) is 12.1 Å². The Kier molecular flexibility index (Phi) is 5.84. The van der Waals surface area contributed by atoms with E-state index in [0.29, 0.717) is 17.0 Å². The molecule has 0 saturated carbocycles. The zero-order valence-electron chi connectivity index (χ0n) is 15.6. The van der Waals surface area contributed by atoms with Crippen LogP contribution in [0.15, 0.2) is 54.6 Å². The Hall–Kier alpha value is -3.48. The number of nitrogens with one attached hydrogen (secondary N) is 1. The van der Waals surface area contributed by atoms with Crippen LogP contribution in [-0.2, 0) is 16.1 Å². The molecule has 3 aromatic rings. The number of nitrogens with zero attached hydrogens (tertiary/aromatic N) is 2. The van der Waals surface area contributed by atoms with E-state index in [1.54, 1.807) is 30.7 Å². The van der Waals surface area contributed by atoms with Gasteiger partial charge in [0.1, 0.15) is 11.4 Å². The zero-order valence-corrected chi connectivity index (χ0v) is 15.6. The molecule has 144 valence electrons. The summed E-state index contributed by atoms with van der Waals surface area (Å²) in [5, 5.41) is 7.02. The molecular weight excluding hydrogens is 361 g/mol. The minimum atomic E-state index is -0.603. The van der Waals surface area contributed by atoms with Gasteiger partial charge in [-0.3, -0.25) is 4.79 Å². The second-order valence-electron chi connectivity index (χ2n) is 6.27. The number of rotatable bonds is 6. The molecule has 0 atom stereocenters. The molecule has 3 rings (SSSR count). The highest BCUT2D eigenvalue weighted by molar-refractivity contribution is 5.93. The van der Waals surface area contributed by atoms with Crippen LogP contribution >= 0.6 is 0 Å². The highest BCUT2D eigenvalue weighted by Gasteiger charge is 2.21. The third-order valence-corrected chi connectivity index (χ3v) is 4.23. The van der Waals surface area contributed by atoms with E-state index in [2.05, 4.69) is 10.4 Å². The van der Waals surface area contributed by atoms with Crippen molar-refractivity contribution in [2.45, 2.75) is 20.4 Å². The third kappa shape index (κ3) is 4.43. The minimum absolute atomic E-state index is 0.223. The van der Waals surface area contributed by atoms with Crippen molar-refractivity contribution in [3.8, 4) is 5.69 Å². The molecule has 1 aromatic heterocycles. The standard InChI is InChI=1S/C21H20FN3O3/c1-14-20(15(2)25(24-14)18-6-4-3-5-7-18)21(27)28-13-19(26)23-12-16-8-10-17(22)11-9-16/h3-11H,12-13H2,1-2H3,(H,23,26). The summed E-state index contributed by atoms with van der Waals surface area (Å²) < 4.78 is 19.7. The largest absolute Gasteiger partial charge is 0.452 e. The first-order valence-corrected chi connectivity index (χ1v) is 8.75. The van der Waals surface area contributed by atoms with E-state index in [9.17, 15) is 14.0 Å². The van der Waals surface area contributed by atoms with Crippen molar-refractivity contribution in [1.29, 1.82) is 0 Å². The van der Waals surface area contributed by atoms with Crippen molar-refractivity contribution in [3.63, 3.8) is 0 Å². The molecule has 0 unspecified atom stereocenters. The lowest BCUT2D eigenvalue weighted by atomic mass is 10.2. The summed E-state index contributed by atoms with van der Waals surface area (Å²) in [6, 6.07) is 15.2. The molecule has 0 spiro atoms. The molecule has 0 saturated heterocycles. The number of para-hydroxylation sites is 1. The number of ether oxygens (including phenoxy) is 1. The second-order valence-corrected chi connectivity index (χ2v) is 6.27. The Balaban J connectivity index is 1.59. The average molecular weight is 381 g/mol. The Bertz CT molecular complexity index is 982. The fraction of sp³-hybridized carbons (Fsp3) is 0.190. The van der Waals surface area contributed by atoms with Gasteiger partial charge in [-0.25, -0.2) is 13.9 Å². The van der Waals surface area contributed by atoms with E-state index in [1.807, 2.05) is 30.3 Å². The van der Waals surface area contributed by atoms with E-state index < -0.39 is 18.5 Å². The number of halogens is 1. The maximum absolute atomic E-state index is 12.9. The van der Waals surface area contributed by atoms with Crippen molar-refractivity contribution in [2.75, 3.05) is 6.61 Å². The van der Waals surface area contributed by atoms with Gasteiger partial charge < -0.3 is 10.1 Å². The molecular formula is C21H20FN3O3. The first kappa shape index (κ1) is 19.3. The third-order valence-electron chi connectivity index (χ3n) is 4.23. The molecule has 1 amide bonds. The highest BCUT2D eigenvalue weighted by atomic mass is 19.1. The normalized spacial score (nSPS) is 10.5. The smallest absolute Gasteiger partial charge is 0.342 e. The molecule has 6 nitrogen and oxygen atoms in total. The molecule has 1 N–H and O–H groups in total. The monoisotopic (exact) mass is 381 g/mol. The van der Waals surface area contributed by atoms with Crippen molar-refractivity contribution in [3.05, 3.63) is 82.9 Å². The second kappa shape index (κ2) is 8.47. The lowest BCUT2D eigenvalue weighted by Gasteiger charge is -2.08. The Labute approximate surface area is 161 Å². The van der Waals surface area contributed by atoms with E-state index in [4.69, 9.17) is 4.74 Å². The predicted molar refractivity (Wildman–Crippen MR) is 102 cm³/mol. The van der Waals surface area contributed by atoms with Crippen LogP contribution in [0.4, 0.5) is 4.39 Å². The van der Waals surface area contributed by atoms with Crippen LogP contribution in [0.1, 0.15) is 27.3 Å². The van der Waals surface area contributed by atoms with Gasteiger partial charge in [0.05, 0.1) is 17.1 Å². The van der Waals surface area contributed by atoms with E-state index in [0.717, 1.165) is 11.3 Å². The molecule has 28 heavy (non-hydrogen) atoms. The Morgan fingerprint density at radius 2 is 1.75 bits per heavy atom. The lowest BCUT2D eigenvalue weighted by molar-refractivity contribution is -0.124. The van der Waals surface area contributed by atoms with Crippen LogP contribution in [0.3, 0.4) is 0 Å². The first-order valence-electron chi connectivity index (χ1n) is 8.75. The number of aromatic nitrogens is 2. The molecule has 0 bridgehead atoms. The summed E-state index contributed by atoms with van der Waals surface area (Å²) in [7, 11) is 0. The van der Waals surface area contributed by atoms with Gasteiger partial charge in [0.15, 0.2) is 6.61 Å². The number of esters is 1. The number of carbonyl (C=O) groups is 2. The summed E-state index contributed by atoms with van der Waals surface area (Å²) in [4.78, 5) is 24.4. The maximum Gasteiger partial charge on any atom is 0.342 e. The van der Waals surface area contributed by atoms with Gasteiger partial charge >= 0.3 is 5.97 Å². The van der Waals surface area contributed by atoms with Crippen LogP contribution in [0.2, 0.25) is 0 Å². The molecule has 7 heteroatoms. The van der Waals surface area contributed by atoms with Gasteiger partial charge in [-0.2, -0.15) is 5.10 Å². The summed E-state index contributed by atoms with van der Waals surface area (Å²) in [6.45, 7) is 3.31. The molecule has 2 aromatic carbocycles. The fourth-order valence-electron chi connectivity index (χ4n) is 2.82. The first-order chi connectivity index (χ1) is 13.5. The lowest BCUT2D eigenvalue weighted by Crippen LogP contribution is -2.28. The van der Waals surface area contributed by atoms with Crippen molar-refractivity contribution >= 4 is 11.9 Å². The summed E-state index contributed by atoms with van der Waals surface area (Å²) in [5.41, 5.74) is 3.09. The Morgan fingerprint density at radius 1 is 1.07 bits per heavy atom. The SMILES string of the molecule is Cc1nn(-c2ccccc2)c(C)c1C(=O)OCC(=O)NCc1ccc(F)cc1. The molecule has 0 fully saturated rings. The summed E-state index contributed by atoms with van der Waals surface area (Å²) in [6.07, 6.45) is 0. The zero-order chi connectivity index (χ0) is 20.1. The van der Waals surface area contributed by atoms with Gasteiger partial charge in [-0.15, -0.1) is 0 Å². The summed E-state index contributed by atoms with van der Waals surface area (Å²) in [5.74, 6) is -1.39. The highest BCUT2D eigenvalue weighted by Crippen LogP contribution is 2.18. The van der Waals surface area contributed by atoms with Gasteiger partial charge in [-0.1, -0.05) is 30.3 Å². The van der Waals surface area contributed by atoms with E-state index >= 15 is 0 Å². The van der Waals surface area contributed by atoms with Crippen LogP contribution in [0.25, 0.3) is 5.69 Å². The van der Waals surface area contributed by atoms with Crippen molar-refractivity contribution < 1.29 is 18.7 Å². The van der Waals surface area contributed by atoms with Gasteiger partial charge in [0, 0.05) is 6.54 Å². The fourth-order valence-corrected chi connectivity index (χ4v) is 2.82. The molecule has 0 aliphatic carbocycles. The Morgan fingerprint density at radius 3 is 2.43 bits per heavy atom. The van der Waals surface area contributed by atoms with Gasteiger partial charge in [0.25, 0.3) is 5.91 Å². The molecule has 0 aliphatic heterocycles. The average Bonchev–Trinajstić information content (AvgIpc) is 3.00. The number of carbonyl (C=O) groups excluding carboxylic acids is 2. The van der Waals surface area contributed by atoms with Crippen LogP contribution in [-0.4, -0.2) is 28.3 Å². The van der Waals surface area contributed by atoms with Gasteiger partial charge in [0.2, 0.25) is 0 Å². The predicted octanol–water partition coefficient (Wildman–Crippen LogP) is 3.10. The van der Waals surface area contributed by atoms with E-state index in [-0.39, 0.29) is 12.4 Å². The number of benzene rings is 2. The number of hydrogen-bond donors (Lipinski definition) is 1. The van der Waals surface area contributed by atoms with Crippen molar-refractivity contribution in [1.82, 2.24) is 15.1 Å². The molecule has 1 heterocycles. The van der Waals surface area contributed by atoms with Crippen LogP contribution in [0.5, 0.6) is 0 Å². The number of hydrogen-bond acceptors (Lipinski definition) is 4. The summed E-state index contributed by atoms with van der Waals surface area (Å²) >= 11 is 0. The number of amides is 1. The molecule has 0 radical (unpaired) electrons. The topological polar surface area (TPSA) is 73.2 Å². The van der Waals surface area contributed by atoms with Crippen molar-refractivity contribution in [2.24, 2.45) is 0 Å². The minimum Gasteiger partial charge on any atom is -0.452 e. The molecule has 0 aliphatic rings.